The van der Waals surface area contributed by atoms with E-state index >= 15 is 0 Å². The third-order valence-corrected chi connectivity index (χ3v) is 5.19. The Morgan fingerprint density at radius 2 is 1.91 bits per heavy atom. The lowest BCUT2D eigenvalue weighted by molar-refractivity contribution is -0.136. The van der Waals surface area contributed by atoms with Crippen LogP contribution in [0, 0.1) is 11.7 Å². The first-order chi connectivity index (χ1) is 10.4. The van der Waals surface area contributed by atoms with Crippen molar-refractivity contribution in [2.45, 2.75) is 30.6 Å². The van der Waals surface area contributed by atoms with Gasteiger partial charge >= 0.3 is 5.97 Å². The molecule has 1 heterocycles. The molecule has 0 saturated heterocycles. The van der Waals surface area contributed by atoms with Crippen molar-refractivity contribution in [2.24, 2.45) is 11.1 Å². The van der Waals surface area contributed by atoms with Crippen LogP contribution in [-0.2, 0) is 19.6 Å². The van der Waals surface area contributed by atoms with Gasteiger partial charge in [0.15, 0.2) is 0 Å². The number of hydrogen-bond donors (Lipinski definition) is 1. The summed E-state index contributed by atoms with van der Waals surface area (Å²) >= 11 is 0. The summed E-state index contributed by atoms with van der Waals surface area (Å²) in [6.45, 7) is 0.0961. The number of sulfonamides is 1. The summed E-state index contributed by atoms with van der Waals surface area (Å²) in [7, 11) is -4.10. The maximum atomic E-state index is 14.0. The van der Waals surface area contributed by atoms with E-state index in [1.165, 1.54) is 6.07 Å². The molecular weight excluding hydrogens is 309 g/mol. The summed E-state index contributed by atoms with van der Waals surface area (Å²) in [6.07, 6.45) is 3.97. The molecule has 1 aromatic rings. The van der Waals surface area contributed by atoms with Crippen LogP contribution in [0.3, 0.4) is 0 Å². The summed E-state index contributed by atoms with van der Waals surface area (Å²) < 4.78 is 41.6. The van der Waals surface area contributed by atoms with E-state index in [4.69, 9.17) is 9.88 Å². The van der Waals surface area contributed by atoms with Crippen LogP contribution in [0.4, 0.5) is 4.39 Å². The van der Waals surface area contributed by atoms with Gasteiger partial charge in [0.25, 0.3) is 0 Å². The van der Waals surface area contributed by atoms with Gasteiger partial charge in [0.05, 0.1) is 0 Å². The second-order valence-electron chi connectivity index (χ2n) is 5.64. The van der Waals surface area contributed by atoms with Gasteiger partial charge in [-0.15, -0.1) is 0 Å². The van der Waals surface area contributed by atoms with Gasteiger partial charge in [0.1, 0.15) is 17.3 Å². The predicted molar refractivity (Wildman–Crippen MR) is 77.6 cm³/mol. The normalized spacial score (nSPS) is 19.8. The van der Waals surface area contributed by atoms with E-state index < -0.39 is 20.7 Å². The second-order valence-corrected chi connectivity index (χ2v) is 7.17. The number of ether oxygens (including phenoxy) is 1. The molecule has 7 heteroatoms. The lowest BCUT2D eigenvalue weighted by Crippen LogP contribution is -2.14. The molecule has 2 aliphatic rings. The fourth-order valence-electron chi connectivity index (χ4n) is 3.20. The summed E-state index contributed by atoms with van der Waals surface area (Å²) in [5.41, 5.74) is 1.73. The first kappa shape index (κ1) is 15.2. The van der Waals surface area contributed by atoms with Gasteiger partial charge < -0.3 is 4.74 Å². The Balaban J connectivity index is 2.06. The molecule has 1 saturated carbocycles. The molecule has 0 unspecified atom stereocenters. The number of primary sulfonamides is 1. The first-order valence-corrected chi connectivity index (χ1v) is 8.65. The molecule has 1 aromatic carbocycles. The molecule has 5 nitrogen and oxygen atoms in total. The van der Waals surface area contributed by atoms with Crippen molar-refractivity contribution >= 4 is 21.6 Å². The van der Waals surface area contributed by atoms with E-state index in [2.05, 4.69) is 0 Å². The Bertz CT molecular complexity index is 764. The van der Waals surface area contributed by atoms with Crippen LogP contribution >= 0.6 is 0 Å². The van der Waals surface area contributed by atoms with Gasteiger partial charge in [-0.2, -0.15) is 0 Å². The highest BCUT2D eigenvalue weighted by molar-refractivity contribution is 7.89. The Hall–Kier alpha value is -1.73. The predicted octanol–water partition coefficient (Wildman–Crippen LogP) is 1.97. The summed E-state index contributed by atoms with van der Waals surface area (Å²) in [5.74, 6) is -1.12. The van der Waals surface area contributed by atoms with E-state index in [0.717, 1.165) is 37.8 Å². The van der Waals surface area contributed by atoms with Crippen LogP contribution in [0.15, 0.2) is 28.7 Å². The average molecular weight is 325 g/mol. The molecule has 0 atom stereocenters. The smallest absolute Gasteiger partial charge is 0.335 e. The van der Waals surface area contributed by atoms with E-state index in [1.807, 2.05) is 0 Å². The number of halogens is 1. The highest BCUT2D eigenvalue weighted by Gasteiger charge is 2.34. The molecule has 0 aromatic heterocycles. The monoisotopic (exact) mass is 325 g/mol. The van der Waals surface area contributed by atoms with Gasteiger partial charge in [0, 0.05) is 11.1 Å². The van der Waals surface area contributed by atoms with Crippen LogP contribution in [0.25, 0.3) is 5.57 Å². The number of carbonyl (C=O) groups excluding carboxylic acids is 1. The molecule has 3 rings (SSSR count). The SMILES string of the molecule is NS(=O)(=O)c1ccc(C2=C(C3CCCC3)C(=O)OC2)cc1F. The highest BCUT2D eigenvalue weighted by atomic mass is 32.2. The maximum absolute atomic E-state index is 14.0. The molecule has 0 amide bonds. The van der Waals surface area contributed by atoms with Crippen LogP contribution < -0.4 is 5.14 Å². The van der Waals surface area contributed by atoms with Crippen molar-refractivity contribution in [1.29, 1.82) is 0 Å². The fourth-order valence-corrected chi connectivity index (χ4v) is 3.79. The first-order valence-electron chi connectivity index (χ1n) is 7.11. The molecule has 0 radical (unpaired) electrons. The minimum Gasteiger partial charge on any atom is -0.457 e. The minimum atomic E-state index is -4.10. The van der Waals surface area contributed by atoms with Crippen molar-refractivity contribution in [1.82, 2.24) is 0 Å². The topological polar surface area (TPSA) is 86.5 Å². The standard InChI is InChI=1S/C15H16FNO4S/c16-12-7-10(5-6-13(12)22(17,19)20)11-8-21-15(18)14(11)9-3-1-2-4-9/h5-7,9H,1-4,8H2,(H2,17,19,20). The van der Waals surface area contributed by atoms with E-state index in [9.17, 15) is 17.6 Å². The summed E-state index contributed by atoms with van der Waals surface area (Å²) in [5, 5.41) is 4.95. The van der Waals surface area contributed by atoms with E-state index in [0.29, 0.717) is 16.7 Å². The number of hydrogen-bond acceptors (Lipinski definition) is 4. The molecule has 118 valence electrons. The second kappa shape index (κ2) is 5.48. The maximum Gasteiger partial charge on any atom is 0.335 e. The van der Waals surface area contributed by atoms with Crippen molar-refractivity contribution < 1.29 is 22.3 Å². The van der Waals surface area contributed by atoms with Crippen LogP contribution in [-0.4, -0.2) is 21.0 Å². The quantitative estimate of drug-likeness (QED) is 0.861. The van der Waals surface area contributed by atoms with Gasteiger partial charge in [-0.25, -0.2) is 22.7 Å². The van der Waals surface area contributed by atoms with Crippen LogP contribution in [0.5, 0.6) is 0 Å². The lowest BCUT2D eigenvalue weighted by atomic mass is 9.91. The number of cyclic esters (lactones) is 1. The highest BCUT2D eigenvalue weighted by Crippen LogP contribution is 2.39. The molecule has 1 aliphatic carbocycles. The zero-order chi connectivity index (χ0) is 15.9. The van der Waals surface area contributed by atoms with Gasteiger partial charge in [-0.05, 0) is 36.5 Å². The molecule has 2 N–H and O–H groups in total. The number of rotatable bonds is 3. The Morgan fingerprint density at radius 3 is 2.50 bits per heavy atom. The molecule has 0 spiro atoms. The summed E-state index contributed by atoms with van der Waals surface area (Å²) in [4.78, 5) is 11.4. The Labute approximate surface area is 128 Å². The van der Waals surface area contributed by atoms with Crippen molar-refractivity contribution in [3.63, 3.8) is 0 Å². The average Bonchev–Trinajstić information content (AvgIpc) is 3.05. The van der Waals surface area contributed by atoms with Crippen LogP contribution in [0.2, 0.25) is 0 Å². The number of nitrogens with two attached hydrogens (primary N) is 1. The zero-order valence-electron chi connectivity index (χ0n) is 11.8. The largest absolute Gasteiger partial charge is 0.457 e. The lowest BCUT2D eigenvalue weighted by Gasteiger charge is -2.11. The number of benzene rings is 1. The Morgan fingerprint density at radius 1 is 1.23 bits per heavy atom. The fraction of sp³-hybridized carbons (Fsp3) is 0.400. The van der Waals surface area contributed by atoms with E-state index in [-0.39, 0.29) is 18.5 Å². The van der Waals surface area contributed by atoms with Crippen molar-refractivity contribution in [2.75, 3.05) is 6.61 Å². The minimum absolute atomic E-state index is 0.0961. The molecule has 0 bridgehead atoms. The molecule has 1 fully saturated rings. The van der Waals surface area contributed by atoms with E-state index in [1.54, 1.807) is 0 Å². The van der Waals surface area contributed by atoms with Gasteiger partial charge in [-0.1, -0.05) is 18.9 Å². The van der Waals surface area contributed by atoms with Gasteiger partial charge in [0.2, 0.25) is 10.0 Å². The summed E-state index contributed by atoms with van der Waals surface area (Å²) in [6, 6.07) is 3.70. The molecule has 22 heavy (non-hydrogen) atoms. The van der Waals surface area contributed by atoms with Crippen molar-refractivity contribution in [3.05, 3.63) is 35.2 Å². The Kier molecular flexibility index (Phi) is 3.78. The molecular formula is C15H16FNO4S. The zero-order valence-corrected chi connectivity index (χ0v) is 12.7. The van der Waals surface area contributed by atoms with Gasteiger partial charge in [-0.3, -0.25) is 0 Å². The third-order valence-electron chi connectivity index (χ3n) is 4.24. The number of esters is 1. The van der Waals surface area contributed by atoms with Crippen LogP contribution in [0.1, 0.15) is 31.2 Å². The number of carbonyl (C=O) groups is 1. The molecule has 1 aliphatic heterocycles. The third kappa shape index (κ3) is 2.66. The van der Waals surface area contributed by atoms with Crippen molar-refractivity contribution in [3.8, 4) is 0 Å².